The van der Waals surface area contributed by atoms with Crippen LogP contribution in [0.15, 0.2) is 73.1 Å². The Hall–Kier alpha value is -3.67. The SMILES string of the molecule is Cc1ccc(NC(=O)c2ccccc2OCc2cn3ccccc3n2)c(F)c1. The molecule has 0 radical (unpaired) electrons. The van der Waals surface area contributed by atoms with Gasteiger partial charge in [-0.2, -0.15) is 0 Å². The first-order valence-electron chi connectivity index (χ1n) is 8.82. The van der Waals surface area contributed by atoms with Crippen molar-refractivity contribution in [1.29, 1.82) is 0 Å². The summed E-state index contributed by atoms with van der Waals surface area (Å²) >= 11 is 0. The average molecular weight is 375 g/mol. The van der Waals surface area contributed by atoms with Crippen LogP contribution in [0.5, 0.6) is 5.75 Å². The maximum Gasteiger partial charge on any atom is 0.259 e. The molecular formula is C22H18FN3O2. The third kappa shape index (κ3) is 3.71. The van der Waals surface area contributed by atoms with E-state index in [9.17, 15) is 9.18 Å². The average Bonchev–Trinajstić information content (AvgIpc) is 3.12. The molecule has 0 aliphatic rings. The molecule has 1 N–H and O–H groups in total. The number of hydrogen-bond donors (Lipinski definition) is 1. The van der Waals surface area contributed by atoms with Gasteiger partial charge in [-0.1, -0.05) is 24.3 Å². The van der Waals surface area contributed by atoms with E-state index < -0.39 is 11.7 Å². The Bertz CT molecular complexity index is 1120. The van der Waals surface area contributed by atoms with Crippen molar-refractivity contribution in [2.24, 2.45) is 0 Å². The largest absolute Gasteiger partial charge is 0.486 e. The molecule has 2 heterocycles. The van der Waals surface area contributed by atoms with Gasteiger partial charge in [-0.15, -0.1) is 0 Å². The van der Waals surface area contributed by atoms with Gasteiger partial charge in [0.05, 0.1) is 16.9 Å². The fourth-order valence-corrected chi connectivity index (χ4v) is 2.90. The number of rotatable bonds is 5. The highest BCUT2D eigenvalue weighted by Crippen LogP contribution is 2.22. The number of anilines is 1. The van der Waals surface area contributed by atoms with Gasteiger partial charge in [0.2, 0.25) is 0 Å². The lowest BCUT2D eigenvalue weighted by Gasteiger charge is -2.11. The molecule has 140 valence electrons. The number of benzene rings is 2. The topological polar surface area (TPSA) is 55.6 Å². The zero-order chi connectivity index (χ0) is 19.5. The fourth-order valence-electron chi connectivity index (χ4n) is 2.90. The van der Waals surface area contributed by atoms with Crippen LogP contribution in [0.4, 0.5) is 10.1 Å². The van der Waals surface area contributed by atoms with Crippen molar-refractivity contribution in [2.75, 3.05) is 5.32 Å². The number of fused-ring (bicyclic) bond motifs is 1. The van der Waals surface area contributed by atoms with Crippen molar-refractivity contribution in [3.8, 4) is 5.75 Å². The molecule has 0 atom stereocenters. The number of ether oxygens (including phenoxy) is 1. The maximum atomic E-state index is 14.0. The van der Waals surface area contributed by atoms with Crippen LogP contribution < -0.4 is 10.1 Å². The van der Waals surface area contributed by atoms with Crippen molar-refractivity contribution in [1.82, 2.24) is 9.38 Å². The summed E-state index contributed by atoms with van der Waals surface area (Å²) in [6.45, 7) is 2.00. The van der Waals surface area contributed by atoms with Gasteiger partial charge in [-0.3, -0.25) is 4.79 Å². The summed E-state index contributed by atoms with van der Waals surface area (Å²) in [5, 5.41) is 2.60. The number of nitrogens with zero attached hydrogens (tertiary/aromatic N) is 2. The second-order valence-electron chi connectivity index (χ2n) is 6.42. The number of para-hydroxylation sites is 1. The summed E-state index contributed by atoms with van der Waals surface area (Å²) in [5.74, 6) is -0.505. The molecule has 0 aliphatic heterocycles. The van der Waals surface area contributed by atoms with Crippen LogP contribution >= 0.6 is 0 Å². The van der Waals surface area contributed by atoms with E-state index in [-0.39, 0.29) is 12.3 Å². The maximum absolute atomic E-state index is 14.0. The zero-order valence-electron chi connectivity index (χ0n) is 15.2. The van der Waals surface area contributed by atoms with Gasteiger partial charge in [0.15, 0.2) is 0 Å². The minimum absolute atomic E-state index is 0.130. The third-order valence-electron chi connectivity index (χ3n) is 4.29. The van der Waals surface area contributed by atoms with E-state index in [2.05, 4.69) is 10.3 Å². The number of pyridine rings is 1. The number of aromatic nitrogens is 2. The molecule has 0 saturated heterocycles. The second-order valence-corrected chi connectivity index (χ2v) is 6.42. The number of nitrogens with one attached hydrogen (secondary N) is 1. The molecule has 0 unspecified atom stereocenters. The minimum Gasteiger partial charge on any atom is -0.486 e. The van der Waals surface area contributed by atoms with Crippen molar-refractivity contribution in [3.05, 3.63) is 95.7 Å². The number of halogens is 1. The van der Waals surface area contributed by atoms with E-state index in [1.54, 1.807) is 43.3 Å². The zero-order valence-corrected chi connectivity index (χ0v) is 15.2. The molecule has 0 aliphatic carbocycles. The van der Waals surface area contributed by atoms with E-state index in [1.165, 1.54) is 6.07 Å². The Kier molecular flexibility index (Phi) is 4.76. The molecule has 4 aromatic rings. The molecule has 0 spiro atoms. The van der Waals surface area contributed by atoms with Gasteiger partial charge in [-0.25, -0.2) is 9.37 Å². The summed E-state index contributed by atoms with van der Waals surface area (Å²) in [6.07, 6.45) is 3.78. The molecule has 2 aromatic heterocycles. The summed E-state index contributed by atoms with van der Waals surface area (Å²) in [6, 6.07) is 17.3. The van der Waals surface area contributed by atoms with Crippen LogP contribution in [0, 0.1) is 12.7 Å². The fraction of sp³-hybridized carbons (Fsp3) is 0.0909. The first-order chi connectivity index (χ1) is 13.6. The van der Waals surface area contributed by atoms with Crippen LogP contribution in [0.2, 0.25) is 0 Å². The Morgan fingerprint density at radius 2 is 1.96 bits per heavy atom. The van der Waals surface area contributed by atoms with Gasteiger partial charge >= 0.3 is 0 Å². The van der Waals surface area contributed by atoms with E-state index in [0.29, 0.717) is 11.3 Å². The number of carbonyl (C=O) groups excluding carboxylic acids is 1. The standard InChI is InChI=1S/C22H18FN3O2/c1-15-9-10-19(18(23)12-15)25-22(27)17-6-2-3-7-20(17)28-14-16-13-26-11-5-4-8-21(26)24-16/h2-13H,14H2,1H3,(H,25,27). The predicted molar refractivity (Wildman–Crippen MR) is 105 cm³/mol. The Morgan fingerprint density at radius 1 is 1.14 bits per heavy atom. The van der Waals surface area contributed by atoms with Crippen LogP contribution in [0.3, 0.4) is 0 Å². The molecule has 0 saturated carbocycles. The van der Waals surface area contributed by atoms with Crippen LogP contribution in [-0.4, -0.2) is 15.3 Å². The highest BCUT2D eigenvalue weighted by Gasteiger charge is 2.15. The number of aryl methyl sites for hydroxylation is 1. The van der Waals surface area contributed by atoms with Crippen LogP contribution in [-0.2, 0) is 6.61 Å². The lowest BCUT2D eigenvalue weighted by atomic mass is 10.1. The molecule has 5 nitrogen and oxygen atoms in total. The normalized spacial score (nSPS) is 10.8. The van der Waals surface area contributed by atoms with Crippen molar-refractivity contribution in [3.63, 3.8) is 0 Å². The Labute approximate surface area is 161 Å². The van der Waals surface area contributed by atoms with Gasteiger partial charge in [0.25, 0.3) is 5.91 Å². The summed E-state index contributed by atoms with van der Waals surface area (Å²) in [7, 11) is 0. The highest BCUT2D eigenvalue weighted by molar-refractivity contribution is 6.06. The molecular weight excluding hydrogens is 357 g/mol. The Morgan fingerprint density at radius 3 is 2.79 bits per heavy atom. The molecule has 0 fully saturated rings. The smallest absolute Gasteiger partial charge is 0.259 e. The number of amides is 1. The van der Waals surface area contributed by atoms with Crippen LogP contribution in [0.1, 0.15) is 21.6 Å². The molecule has 0 bridgehead atoms. The van der Waals surface area contributed by atoms with E-state index in [1.807, 2.05) is 35.0 Å². The monoisotopic (exact) mass is 375 g/mol. The van der Waals surface area contributed by atoms with E-state index in [0.717, 1.165) is 16.9 Å². The van der Waals surface area contributed by atoms with Crippen molar-refractivity contribution >= 4 is 17.2 Å². The first kappa shape index (κ1) is 17.7. The summed E-state index contributed by atoms with van der Waals surface area (Å²) in [5.41, 5.74) is 2.80. The molecule has 28 heavy (non-hydrogen) atoms. The first-order valence-corrected chi connectivity index (χ1v) is 8.82. The van der Waals surface area contributed by atoms with Gasteiger partial charge in [0, 0.05) is 12.4 Å². The molecule has 6 heteroatoms. The minimum atomic E-state index is -0.476. The quantitative estimate of drug-likeness (QED) is 0.554. The van der Waals surface area contributed by atoms with Crippen molar-refractivity contribution in [2.45, 2.75) is 13.5 Å². The van der Waals surface area contributed by atoms with E-state index >= 15 is 0 Å². The Balaban J connectivity index is 1.52. The molecule has 4 rings (SSSR count). The number of hydrogen-bond acceptors (Lipinski definition) is 3. The molecule has 2 aromatic carbocycles. The van der Waals surface area contributed by atoms with Gasteiger partial charge < -0.3 is 14.5 Å². The molecule has 1 amide bonds. The number of carbonyl (C=O) groups is 1. The lowest BCUT2D eigenvalue weighted by molar-refractivity contribution is 0.102. The third-order valence-corrected chi connectivity index (χ3v) is 4.29. The summed E-state index contributed by atoms with van der Waals surface area (Å²) in [4.78, 5) is 17.1. The second kappa shape index (κ2) is 7.52. The predicted octanol–water partition coefficient (Wildman–Crippen LogP) is 4.61. The lowest BCUT2D eigenvalue weighted by Crippen LogP contribution is -2.14. The van der Waals surface area contributed by atoms with E-state index in [4.69, 9.17) is 4.74 Å². The number of imidazole rings is 1. The van der Waals surface area contributed by atoms with Crippen molar-refractivity contribution < 1.29 is 13.9 Å². The highest BCUT2D eigenvalue weighted by atomic mass is 19.1. The van der Waals surface area contributed by atoms with Gasteiger partial charge in [0.1, 0.15) is 23.8 Å². The van der Waals surface area contributed by atoms with Gasteiger partial charge in [-0.05, 0) is 48.9 Å². The van der Waals surface area contributed by atoms with Crippen LogP contribution in [0.25, 0.3) is 5.65 Å². The summed E-state index contributed by atoms with van der Waals surface area (Å²) < 4.78 is 21.8.